The van der Waals surface area contributed by atoms with Crippen LogP contribution in [0.25, 0.3) is 0 Å². The molecule has 1 aliphatic rings. The first-order valence-electron chi connectivity index (χ1n) is 10.4. The van der Waals surface area contributed by atoms with E-state index in [2.05, 4.69) is 29.6 Å². The van der Waals surface area contributed by atoms with Gasteiger partial charge in [-0.05, 0) is 37.5 Å². The predicted octanol–water partition coefficient (Wildman–Crippen LogP) is 5.00. The molecule has 4 nitrogen and oxygen atoms in total. The summed E-state index contributed by atoms with van der Waals surface area (Å²) in [5.74, 6) is -0.104. The molecule has 0 radical (unpaired) electrons. The van der Waals surface area contributed by atoms with Gasteiger partial charge in [-0.15, -0.1) is 11.3 Å². The van der Waals surface area contributed by atoms with Crippen LogP contribution in [0.2, 0.25) is 0 Å². The Balaban J connectivity index is 1.41. The Labute approximate surface area is 176 Å². The number of nitrogens with one attached hydrogen (secondary N) is 1. The van der Waals surface area contributed by atoms with Gasteiger partial charge in [0.25, 0.3) is 0 Å². The quantitative estimate of drug-likeness (QED) is 0.560. The molecular formula is C24H29NO3S. The van der Waals surface area contributed by atoms with Crippen molar-refractivity contribution in [3.63, 3.8) is 0 Å². The Kier molecular flexibility index (Phi) is 7.37. The standard InChI is InChI=1S/C24H29NO3S/c1-18-9-13-22(29-18)21(27)12-10-20(26)11-14-23(28)25-17-24(15-5-6-16-24)19-7-3-2-4-8-19/h2-4,7-9,13H,5-6,10-12,14-17H2,1H3,(H,25,28). The molecule has 0 saturated heterocycles. The van der Waals surface area contributed by atoms with Gasteiger partial charge in [0.05, 0.1) is 4.88 Å². The molecule has 1 amide bonds. The van der Waals surface area contributed by atoms with Crippen molar-refractivity contribution in [1.82, 2.24) is 5.32 Å². The van der Waals surface area contributed by atoms with Crippen LogP contribution >= 0.6 is 11.3 Å². The zero-order chi connectivity index (χ0) is 20.7. The summed E-state index contributed by atoms with van der Waals surface area (Å²) in [6, 6.07) is 14.1. The molecule has 29 heavy (non-hydrogen) atoms. The molecule has 3 rings (SSSR count). The summed E-state index contributed by atoms with van der Waals surface area (Å²) in [4.78, 5) is 38.3. The summed E-state index contributed by atoms with van der Waals surface area (Å²) in [7, 11) is 0. The van der Waals surface area contributed by atoms with Gasteiger partial charge in [-0.25, -0.2) is 0 Å². The second-order valence-electron chi connectivity index (χ2n) is 8.00. The number of amides is 1. The first-order valence-corrected chi connectivity index (χ1v) is 11.2. The lowest BCUT2D eigenvalue weighted by Crippen LogP contribution is -2.39. The summed E-state index contributed by atoms with van der Waals surface area (Å²) in [5.41, 5.74) is 1.31. The van der Waals surface area contributed by atoms with Crippen molar-refractivity contribution in [2.75, 3.05) is 6.54 Å². The van der Waals surface area contributed by atoms with Crippen LogP contribution in [0.1, 0.15) is 71.5 Å². The highest BCUT2D eigenvalue weighted by atomic mass is 32.1. The summed E-state index contributed by atoms with van der Waals surface area (Å²) in [6.45, 7) is 2.58. The minimum atomic E-state index is -0.0826. The van der Waals surface area contributed by atoms with Gasteiger partial charge in [0, 0.05) is 42.5 Å². The van der Waals surface area contributed by atoms with Gasteiger partial charge in [-0.2, -0.15) is 0 Å². The molecule has 1 fully saturated rings. The smallest absolute Gasteiger partial charge is 0.220 e. The summed E-state index contributed by atoms with van der Waals surface area (Å²) >= 11 is 1.46. The molecule has 2 aromatic rings. The van der Waals surface area contributed by atoms with E-state index in [1.807, 2.05) is 25.1 Å². The van der Waals surface area contributed by atoms with E-state index in [9.17, 15) is 14.4 Å². The lowest BCUT2D eigenvalue weighted by atomic mass is 9.79. The molecule has 0 bridgehead atoms. The number of rotatable bonds is 10. The fourth-order valence-electron chi connectivity index (χ4n) is 4.11. The molecule has 1 aromatic heterocycles. The Bertz CT molecular complexity index is 850. The highest BCUT2D eigenvalue weighted by Gasteiger charge is 2.35. The molecule has 0 atom stereocenters. The van der Waals surface area contributed by atoms with Gasteiger partial charge in [0.2, 0.25) is 5.91 Å². The third kappa shape index (κ3) is 5.86. The Hall–Kier alpha value is -2.27. The molecule has 1 aliphatic carbocycles. The molecule has 154 valence electrons. The van der Waals surface area contributed by atoms with E-state index in [4.69, 9.17) is 0 Å². The molecule has 0 unspecified atom stereocenters. The van der Waals surface area contributed by atoms with Gasteiger partial charge in [0.15, 0.2) is 5.78 Å². The normalized spacial score (nSPS) is 15.2. The number of benzene rings is 1. The highest BCUT2D eigenvalue weighted by molar-refractivity contribution is 7.14. The molecule has 0 spiro atoms. The average Bonchev–Trinajstić information content (AvgIpc) is 3.39. The summed E-state index contributed by atoms with van der Waals surface area (Å²) in [6.07, 6.45) is 5.34. The van der Waals surface area contributed by atoms with Crippen molar-refractivity contribution in [2.24, 2.45) is 0 Å². The van der Waals surface area contributed by atoms with Crippen LogP contribution in [0.3, 0.4) is 0 Å². The van der Waals surface area contributed by atoms with Crippen LogP contribution in [0.4, 0.5) is 0 Å². The largest absolute Gasteiger partial charge is 0.355 e. The number of Topliss-reactive ketones (excluding diaryl/α,β-unsaturated/α-hetero) is 2. The lowest BCUT2D eigenvalue weighted by Gasteiger charge is -2.30. The SMILES string of the molecule is Cc1ccc(C(=O)CCC(=O)CCC(=O)NCC2(c3ccccc3)CCCC2)s1. The van der Waals surface area contributed by atoms with E-state index in [-0.39, 0.29) is 48.6 Å². The number of hydrogen-bond donors (Lipinski definition) is 1. The summed E-state index contributed by atoms with van der Waals surface area (Å²) < 4.78 is 0. The van der Waals surface area contributed by atoms with Gasteiger partial charge >= 0.3 is 0 Å². The zero-order valence-electron chi connectivity index (χ0n) is 17.0. The van der Waals surface area contributed by atoms with Gasteiger partial charge in [0.1, 0.15) is 5.78 Å². The lowest BCUT2D eigenvalue weighted by molar-refractivity contribution is -0.125. The van der Waals surface area contributed by atoms with E-state index in [0.29, 0.717) is 11.4 Å². The molecule has 5 heteroatoms. The van der Waals surface area contributed by atoms with E-state index in [0.717, 1.165) is 17.7 Å². The third-order valence-electron chi connectivity index (χ3n) is 5.85. The first kappa shape index (κ1) is 21.4. The Morgan fingerprint density at radius 3 is 2.28 bits per heavy atom. The summed E-state index contributed by atoms with van der Waals surface area (Å²) in [5, 5.41) is 3.06. The van der Waals surface area contributed by atoms with Crippen LogP contribution in [0, 0.1) is 6.92 Å². The fraction of sp³-hybridized carbons (Fsp3) is 0.458. The number of hydrogen-bond acceptors (Lipinski definition) is 4. The number of aryl methyl sites for hydroxylation is 1. The minimum Gasteiger partial charge on any atom is -0.355 e. The van der Waals surface area contributed by atoms with Crippen molar-refractivity contribution >= 4 is 28.8 Å². The second-order valence-corrected chi connectivity index (χ2v) is 9.29. The molecule has 1 aromatic carbocycles. The van der Waals surface area contributed by atoms with Crippen molar-refractivity contribution in [1.29, 1.82) is 0 Å². The van der Waals surface area contributed by atoms with Crippen LogP contribution in [0.5, 0.6) is 0 Å². The van der Waals surface area contributed by atoms with Crippen molar-refractivity contribution in [3.8, 4) is 0 Å². The number of carbonyl (C=O) groups excluding carboxylic acids is 3. The average molecular weight is 412 g/mol. The van der Waals surface area contributed by atoms with Crippen LogP contribution < -0.4 is 5.32 Å². The number of thiophene rings is 1. The van der Waals surface area contributed by atoms with E-state index in [1.54, 1.807) is 0 Å². The molecule has 0 aliphatic heterocycles. The Morgan fingerprint density at radius 1 is 0.931 bits per heavy atom. The van der Waals surface area contributed by atoms with Gasteiger partial charge in [-0.3, -0.25) is 14.4 Å². The van der Waals surface area contributed by atoms with E-state index >= 15 is 0 Å². The maximum Gasteiger partial charge on any atom is 0.220 e. The van der Waals surface area contributed by atoms with Crippen molar-refractivity contribution in [2.45, 2.75) is 63.7 Å². The predicted molar refractivity (Wildman–Crippen MR) is 116 cm³/mol. The van der Waals surface area contributed by atoms with Crippen LogP contribution in [0.15, 0.2) is 42.5 Å². The zero-order valence-corrected chi connectivity index (χ0v) is 17.9. The van der Waals surface area contributed by atoms with E-state index in [1.165, 1.54) is 29.7 Å². The second kappa shape index (κ2) is 9.97. The molecular weight excluding hydrogens is 382 g/mol. The molecule has 1 heterocycles. The third-order valence-corrected chi connectivity index (χ3v) is 6.89. The van der Waals surface area contributed by atoms with Crippen LogP contribution in [-0.4, -0.2) is 24.0 Å². The first-order chi connectivity index (χ1) is 14.0. The molecule has 1 N–H and O–H groups in total. The number of carbonyl (C=O) groups is 3. The van der Waals surface area contributed by atoms with E-state index < -0.39 is 0 Å². The highest BCUT2D eigenvalue weighted by Crippen LogP contribution is 2.40. The molecule has 1 saturated carbocycles. The van der Waals surface area contributed by atoms with Gasteiger partial charge in [-0.1, -0.05) is 43.2 Å². The maximum atomic E-state index is 12.3. The monoisotopic (exact) mass is 411 g/mol. The minimum absolute atomic E-state index is 0.00642. The van der Waals surface area contributed by atoms with Crippen molar-refractivity contribution in [3.05, 3.63) is 57.8 Å². The van der Waals surface area contributed by atoms with Crippen LogP contribution in [-0.2, 0) is 15.0 Å². The Morgan fingerprint density at radius 2 is 1.62 bits per heavy atom. The number of ketones is 2. The van der Waals surface area contributed by atoms with Gasteiger partial charge < -0.3 is 5.32 Å². The fourth-order valence-corrected chi connectivity index (χ4v) is 4.94. The maximum absolute atomic E-state index is 12.3. The van der Waals surface area contributed by atoms with Crippen molar-refractivity contribution < 1.29 is 14.4 Å². The topological polar surface area (TPSA) is 63.2 Å².